The summed E-state index contributed by atoms with van der Waals surface area (Å²) < 4.78 is 45.7. The van der Waals surface area contributed by atoms with E-state index in [0.717, 1.165) is 6.08 Å². The molecule has 0 aliphatic rings. The number of methoxy groups -OCH3 is 2. The van der Waals surface area contributed by atoms with Crippen LogP contribution >= 0.6 is 0 Å². The van der Waals surface area contributed by atoms with E-state index in [1.54, 1.807) is 6.07 Å². The van der Waals surface area contributed by atoms with Crippen molar-refractivity contribution in [1.82, 2.24) is 0 Å². The minimum absolute atomic E-state index is 0.168. The molecule has 0 fully saturated rings. The molecule has 0 aliphatic heterocycles. The van der Waals surface area contributed by atoms with Gasteiger partial charge < -0.3 is 9.47 Å². The molecule has 0 saturated heterocycles. The molecule has 0 unspecified atom stereocenters. The Balaban J connectivity index is 3.00. The summed E-state index contributed by atoms with van der Waals surface area (Å²) in [6.45, 7) is 0. The lowest BCUT2D eigenvalue weighted by molar-refractivity contribution is -0.0790. The quantitative estimate of drug-likeness (QED) is 0.796. The zero-order chi connectivity index (χ0) is 12.2. The summed E-state index contributed by atoms with van der Waals surface area (Å²) in [6, 6.07) is 4.57. The lowest BCUT2D eigenvalue weighted by Crippen LogP contribution is -2.00. The Morgan fingerprint density at radius 3 is 1.88 bits per heavy atom. The molecule has 5 heteroatoms. The third-order valence-electron chi connectivity index (χ3n) is 1.84. The summed E-state index contributed by atoms with van der Waals surface area (Å²) in [4.78, 5) is 0. The number of halogens is 3. The maximum absolute atomic E-state index is 12.0. The average molecular weight is 232 g/mol. The molecule has 0 bridgehead atoms. The Hall–Kier alpha value is -1.65. The smallest absolute Gasteiger partial charge is 0.409 e. The van der Waals surface area contributed by atoms with Crippen molar-refractivity contribution in [2.45, 2.75) is 6.18 Å². The number of rotatable bonds is 3. The topological polar surface area (TPSA) is 18.5 Å². The standard InChI is InChI=1S/C11H11F3O2/c1-15-9-5-8(3-4-11(12,13)14)6-10(7-9)16-2/h3-7H,1-2H3. The fourth-order valence-electron chi connectivity index (χ4n) is 1.12. The van der Waals surface area contributed by atoms with Crippen LogP contribution in [0.2, 0.25) is 0 Å². The van der Waals surface area contributed by atoms with Crippen molar-refractivity contribution in [3.8, 4) is 11.5 Å². The summed E-state index contributed by atoms with van der Waals surface area (Å²) in [5.41, 5.74) is 0.369. The van der Waals surface area contributed by atoms with Crippen LogP contribution in [0.1, 0.15) is 5.56 Å². The lowest BCUT2D eigenvalue weighted by Gasteiger charge is -2.06. The van der Waals surface area contributed by atoms with Crippen LogP contribution in [-0.2, 0) is 0 Å². The van der Waals surface area contributed by atoms with E-state index in [4.69, 9.17) is 9.47 Å². The van der Waals surface area contributed by atoms with E-state index >= 15 is 0 Å². The predicted octanol–water partition coefficient (Wildman–Crippen LogP) is 3.28. The van der Waals surface area contributed by atoms with Crippen LogP contribution in [0.5, 0.6) is 11.5 Å². The van der Waals surface area contributed by atoms with E-state index in [9.17, 15) is 13.2 Å². The lowest BCUT2D eigenvalue weighted by atomic mass is 10.2. The van der Waals surface area contributed by atoms with Gasteiger partial charge in [-0.15, -0.1) is 0 Å². The molecular formula is C11H11F3O2. The van der Waals surface area contributed by atoms with Crippen LogP contribution in [0.15, 0.2) is 24.3 Å². The minimum Gasteiger partial charge on any atom is -0.497 e. The molecule has 88 valence electrons. The first-order chi connectivity index (χ1) is 7.44. The Morgan fingerprint density at radius 2 is 1.50 bits per heavy atom. The van der Waals surface area contributed by atoms with Gasteiger partial charge >= 0.3 is 6.18 Å². The molecule has 1 rings (SSSR count). The van der Waals surface area contributed by atoms with Crippen LogP contribution in [-0.4, -0.2) is 20.4 Å². The van der Waals surface area contributed by atoms with Crippen LogP contribution in [0.4, 0.5) is 13.2 Å². The fourth-order valence-corrected chi connectivity index (χ4v) is 1.12. The van der Waals surface area contributed by atoms with Gasteiger partial charge in [-0.2, -0.15) is 13.2 Å². The monoisotopic (exact) mass is 232 g/mol. The third-order valence-corrected chi connectivity index (χ3v) is 1.84. The summed E-state index contributed by atoms with van der Waals surface area (Å²) in [7, 11) is 2.87. The highest BCUT2D eigenvalue weighted by Gasteiger charge is 2.21. The Kier molecular flexibility index (Phi) is 3.82. The van der Waals surface area contributed by atoms with Crippen LogP contribution in [0, 0.1) is 0 Å². The maximum atomic E-state index is 12.0. The average Bonchev–Trinajstić information content (AvgIpc) is 2.25. The molecule has 0 radical (unpaired) electrons. The summed E-state index contributed by atoms with van der Waals surface area (Å²) in [6.07, 6.45) is -3.19. The van der Waals surface area contributed by atoms with Gasteiger partial charge in [0.1, 0.15) is 11.5 Å². The van der Waals surface area contributed by atoms with Crippen molar-refractivity contribution in [3.05, 3.63) is 29.8 Å². The maximum Gasteiger partial charge on any atom is 0.409 e. The van der Waals surface area contributed by atoms with Gasteiger partial charge in [-0.3, -0.25) is 0 Å². The Labute approximate surface area is 91.3 Å². The number of hydrogen-bond acceptors (Lipinski definition) is 2. The molecular weight excluding hydrogens is 221 g/mol. The molecule has 16 heavy (non-hydrogen) atoms. The van der Waals surface area contributed by atoms with Crippen molar-refractivity contribution >= 4 is 6.08 Å². The molecule has 1 aromatic carbocycles. The van der Waals surface area contributed by atoms with Crippen molar-refractivity contribution in [3.63, 3.8) is 0 Å². The van der Waals surface area contributed by atoms with Crippen molar-refractivity contribution < 1.29 is 22.6 Å². The van der Waals surface area contributed by atoms with Gasteiger partial charge in [0, 0.05) is 12.1 Å². The van der Waals surface area contributed by atoms with Crippen LogP contribution in [0.25, 0.3) is 6.08 Å². The molecule has 0 heterocycles. The SMILES string of the molecule is COc1cc(C=CC(F)(F)F)cc(OC)c1. The minimum atomic E-state index is -4.32. The molecule has 1 aromatic rings. The highest BCUT2D eigenvalue weighted by molar-refractivity contribution is 5.55. The van der Waals surface area contributed by atoms with E-state index in [-0.39, 0.29) is 6.08 Å². The Bertz CT molecular complexity index is 361. The second-order valence-electron chi connectivity index (χ2n) is 3.02. The normalized spacial score (nSPS) is 11.8. The van der Waals surface area contributed by atoms with E-state index in [1.807, 2.05) is 0 Å². The molecule has 0 spiro atoms. The molecule has 0 N–H and O–H groups in total. The van der Waals surface area contributed by atoms with Gasteiger partial charge in [0.2, 0.25) is 0 Å². The van der Waals surface area contributed by atoms with Gasteiger partial charge in [0.25, 0.3) is 0 Å². The number of allylic oxidation sites excluding steroid dienone is 1. The summed E-state index contributed by atoms with van der Waals surface area (Å²) in [5.74, 6) is 0.891. The molecule has 0 atom stereocenters. The second kappa shape index (κ2) is 4.92. The largest absolute Gasteiger partial charge is 0.497 e. The van der Waals surface area contributed by atoms with Crippen molar-refractivity contribution in [2.75, 3.05) is 14.2 Å². The van der Waals surface area contributed by atoms with Crippen LogP contribution < -0.4 is 9.47 Å². The highest BCUT2D eigenvalue weighted by Crippen LogP contribution is 2.25. The third kappa shape index (κ3) is 3.84. The second-order valence-corrected chi connectivity index (χ2v) is 3.02. The van der Waals surface area contributed by atoms with E-state index in [1.165, 1.54) is 26.4 Å². The summed E-state index contributed by atoms with van der Waals surface area (Å²) in [5, 5.41) is 0. The van der Waals surface area contributed by atoms with Gasteiger partial charge in [0.15, 0.2) is 0 Å². The van der Waals surface area contributed by atoms with E-state index in [0.29, 0.717) is 17.1 Å². The van der Waals surface area contributed by atoms with Crippen LogP contribution in [0.3, 0.4) is 0 Å². The first-order valence-corrected chi connectivity index (χ1v) is 4.43. The fraction of sp³-hybridized carbons (Fsp3) is 0.273. The number of hydrogen-bond donors (Lipinski definition) is 0. The van der Waals surface area contributed by atoms with Crippen molar-refractivity contribution in [2.24, 2.45) is 0 Å². The summed E-state index contributed by atoms with van der Waals surface area (Å²) >= 11 is 0. The van der Waals surface area contributed by atoms with Gasteiger partial charge in [-0.25, -0.2) is 0 Å². The molecule has 0 amide bonds. The molecule has 0 aromatic heterocycles. The van der Waals surface area contributed by atoms with Crippen molar-refractivity contribution in [1.29, 1.82) is 0 Å². The van der Waals surface area contributed by atoms with E-state index < -0.39 is 6.18 Å². The van der Waals surface area contributed by atoms with Gasteiger partial charge in [-0.05, 0) is 23.8 Å². The molecule has 0 aliphatic carbocycles. The number of benzene rings is 1. The first kappa shape index (κ1) is 12.4. The van der Waals surface area contributed by atoms with Gasteiger partial charge in [0.05, 0.1) is 14.2 Å². The van der Waals surface area contributed by atoms with E-state index in [2.05, 4.69) is 0 Å². The highest BCUT2D eigenvalue weighted by atomic mass is 19.4. The molecule has 2 nitrogen and oxygen atoms in total. The van der Waals surface area contributed by atoms with Gasteiger partial charge in [-0.1, -0.05) is 0 Å². The first-order valence-electron chi connectivity index (χ1n) is 4.43. The number of alkyl halides is 3. The number of ether oxygens (including phenoxy) is 2. The predicted molar refractivity (Wildman–Crippen MR) is 54.6 cm³/mol. The zero-order valence-corrected chi connectivity index (χ0v) is 8.84. The Morgan fingerprint density at radius 1 is 1.00 bits per heavy atom. The zero-order valence-electron chi connectivity index (χ0n) is 8.84. The molecule has 0 saturated carbocycles.